The predicted octanol–water partition coefficient (Wildman–Crippen LogP) is 3.93. The molecule has 1 fully saturated rings. The average Bonchev–Trinajstić information content (AvgIpc) is 3.38. The second-order valence-corrected chi connectivity index (χ2v) is 8.81. The Bertz CT molecular complexity index is 926. The quantitative estimate of drug-likeness (QED) is 0.754. The summed E-state index contributed by atoms with van der Waals surface area (Å²) in [6.07, 6.45) is 1.63. The van der Waals surface area contributed by atoms with E-state index in [9.17, 15) is 13.2 Å². The zero-order valence-electron chi connectivity index (χ0n) is 14.0. The van der Waals surface area contributed by atoms with Gasteiger partial charge in [-0.1, -0.05) is 35.3 Å². The van der Waals surface area contributed by atoms with Crippen LogP contribution in [-0.2, 0) is 10.0 Å². The maximum atomic E-state index is 12.5. The molecule has 2 aromatic rings. The number of carbonyl (C=O) groups excluding carboxylic acids is 1. The molecule has 1 unspecified atom stereocenters. The first-order valence-electron chi connectivity index (χ1n) is 8.14. The van der Waals surface area contributed by atoms with E-state index < -0.39 is 10.0 Å². The van der Waals surface area contributed by atoms with E-state index in [2.05, 4.69) is 10.0 Å². The highest BCUT2D eigenvalue weighted by molar-refractivity contribution is 7.89. The number of rotatable bonds is 6. The molecule has 1 aliphatic rings. The van der Waals surface area contributed by atoms with Gasteiger partial charge < -0.3 is 5.32 Å². The van der Waals surface area contributed by atoms with Gasteiger partial charge in [0.25, 0.3) is 5.91 Å². The molecular weight excluding hydrogens is 395 g/mol. The molecule has 2 N–H and O–H groups in total. The molecule has 0 aromatic heterocycles. The molecule has 138 valence electrons. The highest BCUT2D eigenvalue weighted by Crippen LogP contribution is 2.27. The minimum atomic E-state index is -3.75. The molecule has 0 aliphatic heterocycles. The van der Waals surface area contributed by atoms with Crippen molar-refractivity contribution in [2.24, 2.45) is 0 Å². The number of hydrogen-bond donors (Lipinski definition) is 2. The molecule has 1 aliphatic carbocycles. The molecule has 0 bridgehead atoms. The van der Waals surface area contributed by atoms with Crippen LogP contribution >= 0.6 is 23.2 Å². The second-order valence-electron chi connectivity index (χ2n) is 6.29. The third kappa shape index (κ3) is 4.57. The Morgan fingerprint density at radius 3 is 2.38 bits per heavy atom. The Morgan fingerprint density at radius 2 is 1.77 bits per heavy atom. The summed E-state index contributed by atoms with van der Waals surface area (Å²) >= 11 is 11.9. The smallest absolute Gasteiger partial charge is 0.251 e. The minimum Gasteiger partial charge on any atom is -0.346 e. The van der Waals surface area contributed by atoms with Gasteiger partial charge in [-0.15, -0.1) is 0 Å². The summed E-state index contributed by atoms with van der Waals surface area (Å²) in [7, 11) is -3.75. The van der Waals surface area contributed by atoms with Gasteiger partial charge in [0, 0.05) is 16.6 Å². The van der Waals surface area contributed by atoms with Crippen LogP contribution in [0.2, 0.25) is 10.0 Å². The Labute approximate surface area is 162 Å². The molecule has 1 saturated carbocycles. The Morgan fingerprint density at radius 1 is 1.12 bits per heavy atom. The van der Waals surface area contributed by atoms with Crippen LogP contribution in [0.4, 0.5) is 0 Å². The molecule has 0 heterocycles. The number of carbonyl (C=O) groups is 1. The van der Waals surface area contributed by atoms with Crippen LogP contribution in [0.15, 0.2) is 47.4 Å². The van der Waals surface area contributed by atoms with E-state index in [4.69, 9.17) is 23.2 Å². The maximum absolute atomic E-state index is 12.5. The molecule has 2 aromatic carbocycles. The zero-order chi connectivity index (χ0) is 18.9. The lowest BCUT2D eigenvalue weighted by molar-refractivity contribution is 0.0939. The van der Waals surface area contributed by atoms with Crippen LogP contribution in [0.1, 0.15) is 41.7 Å². The summed E-state index contributed by atoms with van der Waals surface area (Å²) in [5.74, 6) is -0.382. The molecule has 26 heavy (non-hydrogen) atoms. The predicted molar refractivity (Wildman–Crippen MR) is 102 cm³/mol. The van der Waals surface area contributed by atoms with Crippen molar-refractivity contribution in [3.63, 3.8) is 0 Å². The average molecular weight is 413 g/mol. The van der Waals surface area contributed by atoms with Crippen molar-refractivity contribution in [2.75, 3.05) is 0 Å². The molecule has 0 radical (unpaired) electrons. The molecule has 1 atom stereocenters. The Balaban J connectivity index is 1.79. The number of halogens is 2. The zero-order valence-corrected chi connectivity index (χ0v) is 16.3. The van der Waals surface area contributed by atoms with Crippen molar-refractivity contribution in [1.82, 2.24) is 10.0 Å². The van der Waals surface area contributed by atoms with E-state index in [1.807, 2.05) is 19.1 Å². The van der Waals surface area contributed by atoms with Crippen LogP contribution in [0.25, 0.3) is 0 Å². The first kappa shape index (κ1) is 19.2. The summed E-state index contributed by atoms with van der Waals surface area (Å²) in [6, 6.07) is 11.1. The van der Waals surface area contributed by atoms with Crippen LogP contribution in [-0.4, -0.2) is 20.4 Å². The summed E-state index contributed by atoms with van der Waals surface area (Å²) < 4.78 is 27.4. The molecule has 8 heteroatoms. The lowest BCUT2D eigenvalue weighted by atomic mass is 10.1. The van der Waals surface area contributed by atoms with Gasteiger partial charge in [0.2, 0.25) is 10.0 Å². The molecule has 5 nitrogen and oxygen atoms in total. The number of nitrogens with one attached hydrogen (secondary N) is 2. The SMILES string of the molecule is CC(NC(=O)c1ccc(Cl)c(S(=O)(=O)NC2CC2)c1)c1ccc(Cl)cc1. The highest BCUT2D eigenvalue weighted by atomic mass is 35.5. The highest BCUT2D eigenvalue weighted by Gasteiger charge is 2.29. The Hall–Kier alpha value is -1.60. The normalized spacial score (nSPS) is 15.5. The summed E-state index contributed by atoms with van der Waals surface area (Å²) in [5, 5.41) is 3.54. The van der Waals surface area contributed by atoms with Gasteiger partial charge >= 0.3 is 0 Å². The fourth-order valence-corrected chi connectivity index (χ4v) is 4.41. The van der Waals surface area contributed by atoms with E-state index in [-0.39, 0.29) is 33.5 Å². The van der Waals surface area contributed by atoms with Gasteiger partial charge in [0.1, 0.15) is 4.90 Å². The van der Waals surface area contributed by atoms with Crippen molar-refractivity contribution in [3.8, 4) is 0 Å². The van der Waals surface area contributed by atoms with E-state index >= 15 is 0 Å². The van der Waals surface area contributed by atoms with Gasteiger partial charge in [0.05, 0.1) is 11.1 Å². The van der Waals surface area contributed by atoms with E-state index in [1.165, 1.54) is 18.2 Å². The second kappa shape index (κ2) is 7.56. The maximum Gasteiger partial charge on any atom is 0.251 e. The number of amides is 1. The fraction of sp³-hybridized carbons (Fsp3) is 0.278. The van der Waals surface area contributed by atoms with E-state index in [0.717, 1.165) is 18.4 Å². The topological polar surface area (TPSA) is 75.3 Å². The lowest BCUT2D eigenvalue weighted by Crippen LogP contribution is -2.28. The number of sulfonamides is 1. The fourth-order valence-electron chi connectivity index (χ4n) is 2.45. The van der Waals surface area contributed by atoms with Gasteiger partial charge in [-0.05, 0) is 55.7 Å². The van der Waals surface area contributed by atoms with Crippen LogP contribution in [0.3, 0.4) is 0 Å². The number of hydrogen-bond acceptors (Lipinski definition) is 3. The largest absolute Gasteiger partial charge is 0.346 e. The minimum absolute atomic E-state index is 0.0431. The van der Waals surface area contributed by atoms with Gasteiger partial charge in [-0.25, -0.2) is 13.1 Å². The number of benzene rings is 2. The first-order valence-corrected chi connectivity index (χ1v) is 10.4. The summed E-state index contributed by atoms with van der Waals surface area (Å²) in [4.78, 5) is 12.4. The van der Waals surface area contributed by atoms with Gasteiger partial charge in [-0.2, -0.15) is 0 Å². The summed E-state index contributed by atoms with van der Waals surface area (Å²) in [5.41, 5.74) is 1.12. The van der Waals surface area contributed by atoms with Gasteiger partial charge in [0.15, 0.2) is 0 Å². The monoisotopic (exact) mass is 412 g/mol. The van der Waals surface area contributed by atoms with Crippen LogP contribution in [0, 0.1) is 0 Å². The third-order valence-electron chi connectivity index (χ3n) is 4.10. The van der Waals surface area contributed by atoms with Crippen molar-refractivity contribution >= 4 is 39.1 Å². The molecule has 3 rings (SSSR count). The Kier molecular flexibility index (Phi) is 5.58. The van der Waals surface area contributed by atoms with Crippen molar-refractivity contribution < 1.29 is 13.2 Å². The van der Waals surface area contributed by atoms with Gasteiger partial charge in [-0.3, -0.25) is 4.79 Å². The van der Waals surface area contributed by atoms with Crippen LogP contribution < -0.4 is 10.0 Å². The van der Waals surface area contributed by atoms with Crippen LogP contribution in [0.5, 0.6) is 0 Å². The molecule has 0 spiro atoms. The standard InChI is InChI=1S/C18H18Cl2N2O3S/c1-11(12-2-5-14(19)6-3-12)21-18(23)13-4-9-16(20)17(10-13)26(24,25)22-15-7-8-15/h2-6,9-11,15,22H,7-8H2,1H3,(H,21,23). The van der Waals surface area contributed by atoms with E-state index in [0.29, 0.717) is 5.02 Å². The molecular formula is C18H18Cl2N2O3S. The molecule has 0 saturated heterocycles. The van der Waals surface area contributed by atoms with Crippen molar-refractivity contribution in [3.05, 3.63) is 63.6 Å². The summed E-state index contributed by atoms with van der Waals surface area (Å²) in [6.45, 7) is 1.84. The first-order chi connectivity index (χ1) is 12.3. The molecule has 1 amide bonds. The third-order valence-corrected chi connectivity index (χ3v) is 6.35. The lowest BCUT2D eigenvalue weighted by Gasteiger charge is -2.15. The van der Waals surface area contributed by atoms with Crippen molar-refractivity contribution in [1.29, 1.82) is 0 Å². The van der Waals surface area contributed by atoms with Crippen molar-refractivity contribution in [2.45, 2.75) is 36.7 Å². The van der Waals surface area contributed by atoms with E-state index in [1.54, 1.807) is 12.1 Å².